The number of hydrogen-bond acceptors (Lipinski definition) is 3. The van der Waals surface area contributed by atoms with Gasteiger partial charge in [0, 0.05) is 18.0 Å². The van der Waals surface area contributed by atoms with Crippen LogP contribution in [0.3, 0.4) is 0 Å². The summed E-state index contributed by atoms with van der Waals surface area (Å²) in [6.45, 7) is 0. The highest BCUT2D eigenvalue weighted by atomic mass is 35.5. The van der Waals surface area contributed by atoms with E-state index in [0.29, 0.717) is 15.6 Å². The number of fused-ring (bicyclic) bond motifs is 1. The summed E-state index contributed by atoms with van der Waals surface area (Å²) in [6, 6.07) is 13.3. The Morgan fingerprint density at radius 3 is 2.79 bits per heavy atom. The lowest BCUT2D eigenvalue weighted by Crippen LogP contribution is -2.02. The first-order chi connectivity index (χ1) is 9.24. The highest BCUT2D eigenvalue weighted by Gasteiger charge is 2.12. The van der Waals surface area contributed by atoms with Crippen LogP contribution in [0.4, 0.5) is 0 Å². The van der Waals surface area contributed by atoms with Crippen molar-refractivity contribution in [1.29, 1.82) is 0 Å². The van der Waals surface area contributed by atoms with Crippen molar-refractivity contribution in [2.75, 3.05) is 0 Å². The van der Waals surface area contributed by atoms with Crippen molar-refractivity contribution in [3.8, 4) is 0 Å². The molecule has 2 nitrogen and oxygen atoms in total. The second-order valence-corrected chi connectivity index (χ2v) is 5.91. The molecule has 2 heterocycles. The monoisotopic (exact) mass is 287 g/mol. The molecule has 0 radical (unpaired) electrons. The molecule has 0 saturated heterocycles. The molecule has 0 bridgehead atoms. The number of pyridine rings is 1. The number of aromatic nitrogens is 1. The van der Waals surface area contributed by atoms with Gasteiger partial charge in [-0.3, -0.25) is 9.78 Å². The SMILES string of the molecule is O=C(Cc1cccc2cccnc12)c1ccc(Cl)s1. The third-order valence-electron chi connectivity index (χ3n) is 2.92. The topological polar surface area (TPSA) is 30.0 Å². The van der Waals surface area contributed by atoms with Gasteiger partial charge < -0.3 is 0 Å². The summed E-state index contributed by atoms with van der Waals surface area (Å²) in [6.07, 6.45) is 2.10. The van der Waals surface area contributed by atoms with Gasteiger partial charge in [0.25, 0.3) is 0 Å². The number of Topliss-reactive ketones (excluding diaryl/α,β-unsaturated/α-hetero) is 1. The Morgan fingerprint density at radius 1 is 1.16 bits per heavy atom. The molecule has 0 saturated carbocycles. The number of carbonyl (C=O) groups is 1. The van der Waals surface area contributed by atoms with Gasteiger partial charge in [0.05, 0.1) is 14.7 Å². The molecule has 0 amide bonds. The average molecular weight is 288 g/mol. The van der Waals surface area contributed by atoms with Gasteiger partial charge >= 0.3 is 0 Å². The van der Waals surface area contributed by atoms with Crippen molar-refractivity contribution in [2.24, 2.45) is 0 Å². The summed E-state index contributed by atoms with van der Waals surface area (Å²) in [5.41, 5.74) is 1.84. The van der Waals surface area contributed by atoms with E-state index in [9.17, 15) is 4.79 Å². The van der Waals surface area contributed by atoms with Crippen LogP contribution in [0.15, 0.2) is 48.7 Å². The van der Waals surface area contributed by atoms with E-state index in [1.807, 2.05) is 30.3 Å². The summed E-state index contributed by atoms with van der Waals surface area (Å²) in [5.74, 6) is 0.0788. The molecular weight excluding hydrogens is 278 g/mol. The molecule has 0 N–H and O–H groups in total. The van der Waals surface area contributed by atoms with Crippen LogP contribution in [0.1, 0.15) is 15.2 Å². The van der Waals surface area contributed by atoms with E-state index in [1.54, 1.807) is 18.3 Å². The maximum atomic E-state index is 12.2. The molecule has 0 spiro atoms. The van der Waals surface area contributed by atoms with Gasteiger partial charge in [-0.05, 0) is 23.8 Å². The normalized spacial score (nSPS) is 10.8. The predicted octanol–water partition coefficient (Wildman–Crippen LogP) is 4.38. The van der Waals surface area contributed by atoms with Gasteiger partial charge in [-0.1, -0.05) is 35.9 Å². The van der Waals surface area contributed by atoms with Crippen LogP contribution >= 0.6 is 22.9 Å². The van der Waals surface area contributed by atoms with Crippen LogP contribution in [0.5, 0.6) is 0 Å². The Kier molecular flexibility index (Phi) is 3.32. The van der Waals surface area contributed by atoms with E-state index in [4.69, 9.17) is 11.6 Å². The van der Waals surface area contributed by atoms with Crippen LogP contribution in [0.2, 0.25) is 4.34 Å². The van der Waals surface area contributed by atoms with Crippen molar-refractivity contribution < 1.29 is 4.79 Å². The van der Waals surface area contributed by atoms with Crippen molar-refractivity contribution in [1.82, 2.24) is 4.98 Å². The number of para-hydroxylation sites is 1. The van der Waals surface area contributed by atoms with Crippen LogP contribution < -0.4 is 0 Å². The molecule has 94 valence electrons. The number of rotatable bonds is 3. The molecule has 0 unspecified atom stereocenters. The minimum Gasteiger partial charge on any atom is -0.293 e. The molecule has 3 rings (SSSR count). The van der Waals surface area contributed by atoms with Crippen LogP contribution in [-0.2, 0) is 6.42 Å². The zero-order chi connectivity index (χ0) is 13.2. The molecule has 1 aromatic carbocycles. The van der Waals surface area contributed by atoms with E-state index in [0.717, 1.165) is 16.5 Å². The molecule has 4 heteroatoms. The lowest BCUT2D eigenvalue weighted by molar-refractivity contribution is 0.0997. The molecular formula is C15H10ClNOS. The summed E-state index contributed by atoms with van der Waals surface area (Å²) in [4.78, 5) is 17.2. The maximum Gasteiger partial charge on any atom is 0.177 e. The third kappa shape index (κ3) is 2.53. The Bertz CT molecular complexity index is 745. The van der Waals surface area contributed by atoms with Gasteiger partial charge in [0.15, 0.2) is 5.78 Å². The molecule has 19 heavy (non-hydrogen) atoms. The standard InChI is InChI=1S/C15H10ClNOS/c16-14-7-6-13(19-14)12(18)9-11-4-1-3-10-5-2-8-17-15(10)11/h1-8H,9H2. The van der Waals surface area contributed by atoms with E-state index >= 15 is 0 Å². The van der Waals surface area contributed by atoms with Gasteiger partial charge in [-0.2, -0.15) is 0 Å². The highest BCUT2D eigenvalue weighted by molar-refractivity contribution is 7.18. The van der Waals surface area contributed by atoms with Crippen LogP contribution in [0, 0.1) is 0 Å². The summed E-state index contributed by atoms with van der Waals surface area (Å²) in [7, 11) is 0. The maximum absolute atomic E-state index is 12.2. The van der Waals surface area contributed by atoms with Gasteiger partial charge in [0.1, 0.15) is 0 Å². The number of ketones is 1. The zero-order valence-corrected chi connectivity index (χ0v) is 11.5. The van der Waals surface area contributed by atoms with Crippen LogP contribution in [0.25, 0.3) is 10.9 Å². The minimum atomic E-state index is 0.0788. The van der Waals surface area contributed by atoms with Gasteiger partial charge in [0.2, 0.25) is 0 Å². The second kappa shape index (κ2) is 5.11. The molecule has 0 atom stereocenters. The fraction of sp³-hybridized carbons (Fsp3) is 0.0667. The number of benzene rings is 1. The first kappa shape index (κ1) is 12.3. The van der Waals surface area contributed by atoms with Crippen molar-refractivity contribution in [3.05, 3.63) is 63.4 Å². The molecule has 0 aliphatic rings. The quantitative estimate of drug-likeness (QED) is 0.669. The highest BCUT2D eigenvalue weighted by Crippen LogP contribution is 2.24. The van der Waals surface area contributed by atoms with E-state index in [1.165, 1.54) is 11.3 Å². The number of halogens is 1. The lowest BCUT2D eigenvalue weighted by Gasteiger charge is -2.04. The Balaban J connectivity index is 1.95. The summed E-state index contributed by atoms with van der Waals surface area (Å²) < 4.78 is 0.638. The molecule has 0 fully saturated rings. The largest absolute Gasteiger partial charge is 0.293 e. The predicted molar refractivity (Wildman–Crippen MR) is 79.1 cm³/mol. The fourth-order valence-corrected chi connectivity index (χ4v) is 3.01. The van der Waals surface area contributed by atoms with Crippen molar-refractivity contribution in [3.63, 3.8) is 0 Å². The zero-order valence-electron chi connectivity index (χ0n) is 9.97. The van der Waals surface area contributed by atoms with Gasteiger partial charge in [-0.25, -0.2) is 0 Å². The third-order valence-corrected chi connectivity index (χ3v) is 4.19. The summed E-state index contributed by atoms with van der Waals surface area (Å²) >= 11 is 7.17. The Morgan fingerprint density at radius 2 is 2.00 bits per heavy atom. The first-order valence-electron chi connectivity index (χ1n) is 5.85. The molecule has 0 aliphatic heterocycles. The molecule has 0 aliphatic carbocycles. The number of nitrogens with zero attached hydrogens (tertiary/aromatic N) is 1. The Labute approximate surface area is 119 Å². The summed E-state index contributed by atoms with van der Waals surface area (Å²) in [5, 5.41) is 1.05. The lowest BCUT2D eigenvalue weighted by atomic mass is 10.0. The van der Waals surface area contributed by atoms with Crippen molar-refractivity contribution >= 4 is 39.6 Å². The van der Waals surface area contributed by atoms with Gasteiger partial charge in [-0.15, -0.1) is 11.3 Å². The number of hydrogen-bond donors (Lipinski definition) is 0. The average Bonchev–Trinajstić information content (AvgIpc) is 2.86. The van der Waals surface area contributed by atoms with Crippen LogP contribution in [-0.4, -0.2) is 10.8 Å². The van der Waals surface area contributed by atoms with E-state index < -0.39 is 0 Å². The molecule has 3 aromatic rings. The minimum absolute atomic E-state index is 0.0788. The van der Waals surface area contributed by atoms with Crippen molar-refractivity contribution in [2.45, 2.75) is 6.42 Å². The number of thiophene rings is 1. The van der Waals surface area contributed by atoms with E-state index in [2.05, 4.69) is 4.98 Å². The first-order valence-corrected chi connectivity index (χ1v) is 7.04. The van der Waals surface area contributed by atoms with E-state index in [-0.39, 0.29) is 5.78 Å². The molecule has 2 aromatic heterocycles. The Hall–Kier alpha value is -1.71. The fourth-order valence-electron chi connectivity index (χ4n) is 2.03. The number of carbonyl (C=O) groups excluding carboxylic acids is 1. The second-order valence-electron chi connectivity index (χ2n) is 4.20. The smallest absolute Gasteiger partial charge is 0.177 e.